The van der Waals surface area contributed by atoms with Crippen molar-refractivity contribution in [2.45, 2.75) is 32.2 Å². The maximum absolute atomic E-state index is 12.7. The summed E-state index contributed by atoms with van der Waals surface area (Å²) >= 11 is 6.25. The molecule has 1 aliphatic rings. The van der Waals surface area contributed by atoms with E-state index in [9.17, 15) is 19.5 Å². The Morgan fingerprint density at radius 2 is 1.90 bits per heavy atom. The minimum atomic E-state index is -1.61. The first kappa shape index (κ1) is 21.4. The Morgan fingerprint density at radius 3 is 2.47 bits per heavy atom. The Bertz CT molecular complexity index is 996. The number of phenolic OH excluding ortho intramolecular Hbond substituents is 1. The number of anilines is 1. The number of carboxylic acid groups (broad SMARTS) is 1. The summed E-state index contributed by atoms with van der Waals surface area (Å²) in [6.45, 7) is 1.68. The SMILES string of the molecule is Cc1cc(NC(=O)C(=O)O)cc(Cl)c1Oc1ccc(O)c(C(=O)N(C)C2CCC2)c1. The van der Waals surface area contributed by atoms with Gasteiger partial charge < -0.3 is 25.2 Å². The zero-order chi connectivity index (χ0) is 22.0. The lowest BCUT2D eigenvalue weighted by Gasteiger charge is -2.34. The molecule has 0 radical (unpaired) electrons. The number of aromatic hydroxyl groups is 1. The Labute approximate surface area is 178 Å². The second-order valence-electron chi connectivity index (χ2n) is 7.15. The smallest absolute Gasteiger partial charge is 0.394 e. The zero-order valence-corrected chi connectivity index (χ0v) is 17.2. The van der Waals surface area contributed by atoms with Gasteiger partial charge in [0.2, 0.25) is 0 Å². The molecule has 3 N–H and O–H groups in total. The predicted octanol–water partition coefficient (Wildman–Crippen LogP) is 3.79. The van der Waals surface area contributed by atoms with Crippen molar-refractivity contribution in [1.29, 1.82) is 0 Å². The number of aliphatic carboxylic acids is 1. The van der Waals surface area contributed by atoms with Gasteiger partial charge in [-0.25, -0.2) is 4.79 Å². The Balaban J connectivity index is 1.83. The van der Waals surface area contributed by atoms with Gasteiger partial charge in [-0.2, -0.15) is 0 Å². The van der Waals surface area contributed by atoms with E-state index < -0.39 is 11.9 Å². The minimum absolute atomic E-state index is 0.126. The number of nitrogens with one attached hydrogen (secondary N) is 1. The fraction of sp³-hybridized carbons (Fsp3) is 0.286. The number of amides is 2. The molecule has 9 heteroatoms. The third kappa shape index (κ3) is 4.49. The van der Waals surface area contributed by atoms with Crippen molar-refractivity contribution >= 4 is 35.1 Å². The lowest BCUT2D eigenvalue weighted by Crippen LogP contribution is -2.41. The van der Waals surface area contributed by atoms with Gasteiger partial charge in [0, 0.05) is 18.8 Å². The fourth-order valence-electron chi connectivity index (χ4n) is 3.11. The van der Waals surface area contributed by atoms with E-state index in [0.717, 1.165) is 19.3 Å². The number of benzene rings is 2. The molecule has 0 aliphatic heterocycles. The van der Waals surface area contributed by atoms with Crippen LogP contribution in [0.25, 0.3) is 0 Å². The van der Waals surface area contributed by atoms with E-state index in [2.05, 4.69) is 5.32 Å². The van der Waals surface area contributed by atoms with Gasteiger partial charge in [0.1, 0.15) is 17.2 Å². The van der Waals surface area contributed by atoms with Crippen LogP contribution in [-0.4, -0.2) is 46.0 Å². The number of nitrogens with zero attached hydrogens (tertiary/aromatic N) is 1. The molecular formula is C21H21ClN2O6. The molecule has 0 spiro atoms. The minimum Gasteiger partial charge on any atom is -0.507 e. The van der Waals surface area contributed by atoms with Crippen LogP contribution in [0.2, 0.25) is 5.02 Å². The zero-order valence-electron chi connectivity index (χ0n) is 16.4. The molecule has 2 aromatic rings. The Kier molecular flexibility index (Phi) is 6.17. The van der Waals surface area contributed by atoms with Gasteiger partial charge in [-0.15, -0.1) is 0 Å². The van der Waals surface area contributed by atoms with Crippen LogP contribution < -0.4 is 10.1 Å². The van der Waals surface area contributed by atoms with Crippen molar-refractivity contribution in [1.82, 2.24) is 4.90 Å². The number of hydrogen-bond donors (Lipinski definition) is 3. The lowest BCUT2D eigenvalue weighted by molar-refractivity contribution is -0.147. The molecule has 3 rings (SSSR count). The number of hydrogen-bond acceptors (Lipinski definition) is 5. The maximum Gasteiger partial charge on any atom is 0.394 e. The summed E-state index contributed by atoms with van der Waals surface area (Å²) in [6, 6.07) is 7.38. The van der Waals surface area contributed by atoms with E-state index in [1.165, 1.54) is 30.3 Å². The summed E-state index contributed by atoms with van der Waals surface area (Å²) in [5.74, 6) is -2.66. The third-order valence-corrected chi connectivity index (χ3v) is 5.32. The number of carbonyl (C=O) groups is 3. The first-order valence-electron chi connectivity index (χ1n) is 9.30. The van der Waals surface area contributed by atoms with Crippen LogP contribution in [0.15, 0.2) is 30.3 Å². The molecule has 0 aromatic heterocycles. The Morgan fingerprint density at radius 1 is 1.20 bits per heavy atom. The summed E-state index contributed by atoms with van der Waals surface area (Å²) in [6.07, 6.45) is 2.97. The Hall–Kier alpha value is -3.26. The number of phenols is 1. The molecule has 2 aromatic carbocycles. The monoisotopic (exact) mass is 432 g/mol. The summed E-state index contributed by atoms with van der Waals surface area (Å²) < 4.78 is 5.83. The fourth-order valence-corrected chi connectivity index (χ4v) is 3.42. The van der Waals surface area contributed by atoms with Crippen LogP contribution in [0, 0.1) is 6.92 Å². The van der Waals surface area contributed by atoms with Gasteiger partial charge in [-0.1, -0.05) is 11.6 Å². The summed E-state index contributed by atoms with van der Waals surface area (Å²) in [7, 11) is 1.71. The first-order chi connectivity index (χ1) is 14.2. The van der Waals surface area contributed by atoms with Crippen molar-refractivity contribution < 1.29 is 29.3 Å². The van der Waals surface area contributed by atoms with Gasteiger partial charge in [-0.3, -0.25) is 9.59 Å². The molecule has 1 saturated carbocycles. The molecule has 30 heavy (non-hydrogen) atoms. The molecule has 0 saturated heterocycles. The summed E-state index contributed by atoms with van der Waals surface area (Å²) in [5.41, 5.74) is 0.873. The van der Waals surface area contributed by atoms with Gasteiger partial charge in [0.05, 0.1) is 10.6 Å². The molecule has 0 atom stereocenters. The molecule has 1 aliphatic carbocycles. The van der Waals surface area contributed by atoms with Gasteiger partial charge in [-0.05, 0) is 62.1 Å². The number of rotatable bonds is 5. The van der Waals surface area contributed by atoms with Crippen LogP contribution in [-0.2, 0) is 9.59 Å². The number of carboxylic acids is 1. The van der Waals surface area contributed by atoms with Crippen molar-refractivity contribution in [3.8, 4) is 17.2 Å². The average molecular weight is 433 g/mol. The highest BCUT2D eigenvalue weighted by atomic mass is 35.5. The molecule has 1 fully saturated rings. The second kappa shape index (κ2) is 8.62. The number of aryl methyl sites for hydroxylation is 1. The van der Waals surface area contributed by atoms with Gasteiger partial charge in [0.15, 0.2) is 0 Å². The van der Waals surface area contributed by atoms with E-state index >= 15 is 0 Å². The highest BCUT2D eigenvalue weighted by Crippen LogP contribution is 2.37. The lowest BCUT2D eigenvalue weighted by atomic mass is 9.91. The molecule has 0 unspecified atom stereocenters. The van der Waals surface area contributed by atoms with Gasteiger partial charge in [0.25, 0.3) is 5.91 Å². The summed E-state index contributed by atoms with van der Waals surface area (Å²) in [4.78, 5) is 36.4. The van der Waals surface area contributed by atoms with E-state index in [4.69, 9.17) is 21.4 Å². The van der Waals surface area contributed by atoms with Crippen LogP contribution in [0.1, 0.15) is 35.2 Å². The van der Waals surface area contributed by atoms with E-state index in [0.29, 0.717) is 11.3 Å². The van der Waals surface area contributed by atoms with E-state index in [1.54, 1.807) is 18.9 Å². The van der Waals surface area contributed by atoms with Crippen molar-refractivity contribution in [3.05, 3.63) is 46.5 Å². The van der Waals surface area contributed by atoms with Crippen LogP contribution in [0.4, 0.5) is 5.69 Å². The topological polar surface area (TPSA) is 116 Å². The molecule has 0 heterocycles. The molecular weight excluding hydrogens is 412 g/mol. The predicted molar refractivity (Wildman–Crippen MR) is 110 cm³/mol. The van der Waals surface area contributed by atoms with Crippen molar-refractivity contribution in [2.75, 3.05) is 12.4 Å². The van der Waals surface area contributed by atoms with E-state index in [1.807, 2.05) is 0 Å². The van der Waals surface area contributed by atoms with Crippen LogP contribution in [0.3, 0.4) is 0 Å². The number of ether oxygens (including phenoxy) is 1. The normalized spacial score (nSPS) is 13.3. The van der Waals surface area contributed by atoms with Crippen molar-refractivity contribution in [2.24, 2.45) is 0 Å². The van der Waals surface area contributed by atoms with Crippen molar-refractivity contribution in [3.63, 3.8) is 0 Å². The van der Waals surface area contributed by atoms with Gasteiger partial charge >= 0.3 is 11.9 Å². The number of halogens is 1. The molecule has 158 valence electrons. The molecule has 2 amide bonds. The standard InChI is InChI=1S/C21H21ClN2O6/c1-11-8-12(23-19(26)21(28)29)9-16(22)18(11)30-14-6-7-17(25)15(10-14)20(27)24(2)13-4-3-5-13/h6-10,13,25H,3-5H2,1-2H3,(H,23,26)(H,28,29). The molecule has 0 bridgehead atoms. The second-order valence-corrected chi connectivity index (χ2v) is 7.55. The van der Waals surface area contributed by atoms with Crippen LogP contribution in [0.5, 0.6) is 17.2 Å². The van der Waals surface area contributed by atoms with E-state index in [-0.39, 0.29) is 39.7 Å². The summed E-state index contributed by atoms with van der Waals surface area (Å²) in [5, 5.41) is 21.2. The number of carbonyl (C=O) groups excluding carboxylic acids is 2. The highest BCUT2D eigenvalue weighted by molar-refractivity contribution is 6.37. The largest absolute Gasteiger partial charge is 0.507 e. The average Bonchev–Trinajstić information content (AvgIpc) is 2.63. The third-order valence-electron chi connectivity index (χ3n) is 5.04. The quantitative estimate of drug-likeness (QED) is 0.619. The maximum atomic E-state index is 12.7. The highest BCUT2D eigenvalue weighted by Gasteiger charge is 2.28. The van der Waals surface area contributed by atoms with Crippen LogP contribution >= 0.6 is 11.6 Å². The molecule has 8 nitrogen and oxygen atoms in total. The first-order valence-corrected chi connectivity index (χ1v) is 9.67.